The van der Waals surface area contributed by atoms with Gasteiger partial charge in [0.15, 0.2) is 0 Å². The molecule has 2 amide bonds. The van der Waals surface area contributed by atoms with E-state index in [0.717, 1.165) is 29.7 Å². The smallest absolute Gasteiger partial charge is 0.248 e. The third-order valence-corrected chi connectivity index (χ3v) is 5.63. The van der Waals surface area contributed by atoms with E-state index in [1.54, 1.807) is 5.01 Å². The molecule has 0 spiro atoms. The minimum absolute atomic E-state index is 0.108. The Balaban J connectivity index is 1.52. The molecule has 1 unspecified atom stereocenters. The number of benzene rings is 2. The standard InChI is InChI=1S/C23H28N6O2/c24-15-21(30)28-29-14-6-11-20(29)23(31)27-19(13-12-16-7-2-1-3-8-16)22-25-17-9-4-5-10-18(17)26-22/h1-5,7-10,19-20H,6,11-15,24H2,(H,25,26)(H,27,31)(H,28,30)/t19-,20?/m0/s1. The van der Waals surface area contributed by atoms with Gasteiger partial charge in [0.1, 0.15) is 11.9 Å². The Morgan fingerprint density at radius 1 is 1.16 bits per heavy atom. The monoisotopic (exact) mass is 420 g/mol. The molecule has 1 saturated heterocycles. The van der Waals surface area contributed by atoms with Crippen molar-refractivity contribution in [3.63, 3.8) is 0 Å². The van der Waals surface area contributed by atoms with E-state index in [1.807, 2.05) is 42.5 Å². The van der Waals surface area contributed by atoms with Gasteiger partial charge in [-0.15, -0.1) is 0 Å². The van der Waals surface area contributed by atoms with Gasteiger partial charge >= 0.3 is 0 Å². The van der Waals surface area contributed by atoms with Crippen molar-refractivity contribution in [2.24, 2.45) is 5.73 Å². The van der Waals surface area contributed by atoms with E-state index >= 15 is 0 Å². The molecule has 4 rings (SSSR count). The Kier molecular flexibility index (Phi) is 6.59. The zero-order valence-corrected chi connectivity index (χ0v) is 17.4. The molecule has 1 fully saturated rings. The van der Waals surface area contributed by atoms with Crippen LogP contribution in [0.3, 0.4) is 0 Å². The summed E-state index contributed by atoms with van der Waals surface area (Å²) in [7, 11) is 0. The van der Waals surface area contributed by atoms with Crippen molar-refractivity contribution >= 4 is 22.8 Å². The molecule has 3 aromatic rings. The van der Waals surface area contributed by atoms with Crippen LogP contribution in [-0.2, 0) is 16.0 Å². The number of rotatable bonds is 8. The maximum absolute atomic E-state index is 13.2. The number of aromatic amines is 1. The third-order valence-electron chi connectivity index (χ3n) is 5.63. The highest BCUT2D eigenvalue weighted by molar-refractivity contribution is 5.84. The first-order valence-corrected chi connectivity index (χ1v) is 10.7. The predicted molar refractivity (Wildman–Crippen MR) is 119 cm³/mol. The summed E-state index contributed by atoms with van der Waals surface area (Å²) in [6, 6.07) is 17.3. The van der Waals surface area contributed by atoms with Gasteiger partial charge in [-0.1, -0.05) is 42.5 Å². The molecule has 2 aromatic carbocycles. The molecule has 0 aliphatic carbocycles. The molecule has 0 bridgehead atoms. The van der Waals surface area contributed by atoms with Crippen molar-refractivity contribution in [1.29, 1.82) is 0 Å². The van der Waals surface area contributed by atoms with Gasteiger partial charge in [0.05, 0.1) is 23.6 Å². The Morgan fingerprint density at radius 3 is 2.71 bits per heavy atom. The fraction of sp³-hybridized carbons (Fsp3) is 0.348. The number of H-pyrrole nitrogens is 1. The minimum atomic E-state index is -0.417. The third kappa shape index (κ3) is 5.10. The topological polar surface area (TPSA) is 116 Å². The van der Waals surface area contributed by atoms with E-state index in [0.29, 0.717) is 19.4 Å². The second-order valence-electron chi connectivity index (χ2n) is 7.82. The Hall–Kier alpha value is -3.23. The van der Waals surface area contributed by atoms with Crippen molar-refractivity contribution in [1.82, 2.24) is 25.7 Å². The Morgan fingerprint density at radius 2 is 1.94 bits per heavy atom. The Labute approximate surface area is 181 Å². The lowest BCUT2D eigenvalue weighted by Gasteiger charge is -2.26. The molecule has 8 heteroatoms. The second kappa shape index (κ2) is 9.72. The zero-order valence-electron chi connectivity index (χ0n) is 17.4. The molecule has 31 heavy (non-hydrogen) atoms. The van der Waals surface area contributed by atoms with E-state index in [2.05, 4.69) is 27.9 Å². The number of nitrogens with two attached hydrogens (primary N) is 1. The van der Waals surface area contributed by atoms with Gasteiger partial charge in [-0.05, 0) is 43.4 Å². The predicted octanol–water partition coefficient (Wildman–Crippen LogP) is 1.81. The Bertz CT molecular complexity index is 1000. The SMILES string of the molecule is NCC(=O)NN1CCCC1C(=O)N[C@@H](CCc1ccccc1)c1nc2ccccc2[nH]1. The largest absolute Gasteiger partial charge is 0.345 e. The maximum Gasteiger partial charge on any atom is 0.248 e. The number of para-hydroxylation sites is 2. The molecule has 0 radical (unpaired) electrons. The molecule has 162 valence electrons. The number of nitrogens with one attached hydrogen (secondary N) is 3. The number of hydrogen-bond donors (Lipinski definition) is 4. The van der Waals surface area contributed by atoms with Gasteiger partial charge in [-0.3, -0.25) is 15.0 Å². The van der Waals surface area contributed by atoms with Crippen LogP contribution in [0.1, 0.15) is 36.7 Å². The van der Waals surface area contributed by atoms with E-state index in [4.69, 9.17) is 10.7 Å². The van der Waals surface area contributed by atoms with Gasteiger partial charge < -0.3 is 16.0 Å². The molecule has 5 N–H and O–H groups in total. The number of fused-ring (bicyclic) bond motifs is 1. The molecule has 2 atom stereocenters. The van der Waals surface area contributed by atoms with Crippen LogP contribution in [0.4, 0.5) is 0 Å². The van der Waals surface area contributed by atoms with Crippen LogP contribution in [0.25, 0.3) is 11.0 Å². The van der Waals surface area contributed by atoms with Gasteiger partial charge in [0, 0.05) is 6.54 Å². The van der Waals surface area contributed by atoms with E-state index < -0.39 is 6.04 Å². The molecule has 1 aromatic heterocycles. The van der Waals surface area contributed by atoms with Crippen LogP contribution >= 0.6 is 0 Å². The lowest BCUT2D eigenvalue weighted by atomic mass is 10.0. The summed E-state index contributed by atoms with van der Waals surface area (Å²) in [5.74, 6) is 0.326. The molecule has 8 nitrogen and oxygen atoms in total. The normalized spacial score (nSPS) is 17.5. The molecule has 0 saturated carbocycles. The van der Waals surface area contributed by atoms with Crippen LogP contribution in [0, 0.1) is 0 Å². The molecular formula is C23H28N6O2. The van der Waals surface area contributed by atoms with Gasteiger partial charge in [0.25, 0.3) is 0 Å². The van der Waals surface area contributed by atoms with Crippen LogP contribution in [0.2, 0.25) is 0 Å². The van der Waals surface area contributed by atoms with Crippen molar-refractivity contribution in [2.45, 2.75) is 37.8 Å². The quantitative estimate of drug-likeness (QED) is 0.444. The highest BCUT2D eigenvalue weighted by Crippen LogP contribution is 2.22. The summed E-state index contributed by atoms with van der Waals surface area (Å²) in [5, 5.41) is 4.86. The number of hydrazine groups is 1. The summed E-state index contributed by atoms with van der Waals surface area (Å²) in [4.78, 5) is 32.9. The van der Waals surface area contributed by atoms with Crippen LogP contribution in [0.15, 0.2) is 54.6 Å². The average molecular weight is 421 g/mol. The second-order valence-corrected chi connectivity index (χ2v) is 7.82. The number of amides is 2. The summed E-state index contributed by atoms with van der Waals surface area (Å²) in [6.45, 7) is 0.521. The van der Waals surface area contributed by atoms with Crippen molar-refractivity contribution in [2.75, 3.05) is 13.1 Å². The average Bonchev–Trinajstić information content (AvgIpc) is 3.44. The summed E-state index contributed by atoms with van der Waals surface area (Å²) in [5.41, 5.74) is 11.2. The summed E-state index contributed by atoms with van der Waals surface area (Å²) < 4.78 is 0. The highest BCUT2D eigenvalue weighted by Gasteiger charge is 2.33. The summed E-state index contributed by atoms with van der Waals surface area (Å²) in [6.07, 6.45) is 3.03. The fourth-order valence-corrected chi connectivity index (χ4v) is 4.02. The number of aryl methyl sites for hydroxylation is 1. The minimum Gasteiger partial charge on any atom is -0.345 e. The van der Waals surface area contributed by atoms with Gasteiger partial charge in [-0.2, -0.15) is 0 Å². The molecule has 2 heterocycles. The fourth-order valence-electron chi connectivity index (χ4n) is 4.02. The first kappa shape index (κ1) is 21.0. The number of carbonyl (C=O) groups is 2. The molecule has 1 aliphatic rings. The first-order chi connectivity index (χ1) is 15.1. The first-order valence-electron chi connectivity index (χ1n) is 10.7. The number of nitrogens with zero attached hydrogens (tertiary/aromatic N) is 2. The van der Waals surface area contributed by atoms with Crippen LogP contribution < -0.4 is 16.5 Å². The van der Waals surface area contributed by atoms with Gasteiger partial charge in [0.2, 0.25) is 11.8 Å². The van der Waals surface area contributed by atoms with Crippen LogP contribution in [-0.4, -0.2) is 45.9 Å². The van der Waals surface area contributed by atoms with Crippen LogP contribution in [0.5, 0.6) is 0 Å². The van der Waals surface area contributed by atoms with Crippen molar-refractivity contribution in [3.8, 4) is 0 Å². The van der Waals surface area contributed by atoms with Gasteiger partial charge in [-0.25, -0.2) is 9.99 Å². The molecule has 1 aliphatic heterocycles. The van der Waals surface area contributed by atoms with Crippen molar-refractivity contribution in [3.05, 3.63) is 66.0 Å². The number of carbonyl (C=O) groups excluding carboxylic acids is 2. The van der Waals surface area contributed by atoms with E-state index in [9.17, 15) is 9.59 Å². The zero-order chi connectivity index (χ0) is 21.6. The number of imidazole rings is 1. The number of aromatic nitrogens is 2. The lowest BCUT2D eigenvalue weighted by molar-refractivity contribution is -0.131. The maximum atomic E-state index is 13.2. The lowest BCUT2D eigenvalue weighted by Crippen LogP contribution is -2.53. The van der Waals surface area contributed by atoms with E-state index in [-0.39, 0.29) is 24.4 Å². The number of hydrogen-bond acceptors (Lipinski definition) is 5. The van der Waals surface area contributed by atoms with Crippen molar-refractivity contribution < 1.29 is 9.59 Å². The highest BCUT2D eigenvalue weighted by atomic mass is 16.2. The van der Waals surface area contributed by atoms with E-state index in [1.165, 1.54) is 5.56 Å². The molecular weight excluding hydrogens is 392 g/mol. The summed E-state index contributed by atoms with van der Waals surface area (Å²) >= 11 is 0.